The number of benzene rings is 1. The average molecular weight is 253 g/mol. The van der Waals surface area contributed by atoms with Crippen LogP contribution in [0.5, 0.6) is 0 Å². The van der Waals surface area contributed by atoms with Crippen LogP contribution in [0.25, 0.3) is 0 Å². The maximum Gasteiger partial charge on any atom is 0.162 e. The largest absolute Gasteiger partial charge is 0.305 e. The minimum absolute atomic E-state index is 0.0624. The summed E-state index contributed by atoms with van der Waals surface area (Å²) in [5.41, 5.74) is -0.467. The molecule has 1 N–H and O–H groups in total. The first-order valence-corrected chi connectivity index (χ1v) is 6.24. The number of Topliss-reactive ketones (excluding diaryl/α,β-unsaturated/α-hetero) is 1. The van der Waals surface area contributed by atoms with Crippen LogP contribution in [0.4, 0.5) is 8.78 Å². The maximum absolute atomic E-state index is 13.5. The molecule has 1 aliphatic rings. The van der Waals surface area contributed by atoms with Gasteiger partial charge in [-0.05, 0) is 44.4 Å². The van der Waals surface area contributed by atoms with Crippen LogP contribution in [-0.2, 0) is 11.2 Å². The van der Waals surface area contributed by atoms with Gasteiger partial charge in [0.2, 0.25) is 0 Å². The number of nitrogens with one attached hydrogen (secondary N) is 1. The van der Waals surface area contributed by atoms with Crippen molar-refractivity contribution in [3.8, 4) is 0 Å². The second-order valence-corrected chi connectivity index (χ2v) is 5.03. The Balaban J connectivity index is 2.13. The van der Waals surface area contributed by atoms with E-state index in [0.29, 0.717) is 0 Å². The second kappa shape index (κ2) is 5.14. The molecule has 1 aromatic carbocycles. The number of halogens is 2. The number of hydrogen-bond donors (Lipinski definition) is 1. The summed E-state index contributed by atoms with van der Waals surface area (Å²) in [5.74, 6) is -1.89. The molecule has 0 bridgehead atoms. The van der Waals surface area contributed by atoms with E-state index in [0.717, 1.165) is 31.9 Å². The van der Waals surface area contributed by atoms with Crippen molar-refractivity contribution in [2.75, 3.05) is 6.54 Å². The highest BCUT2D eigenvalue weighted by molar-refractivity contribution is 5.90. The van der Waals surface area contributed by atoms with Crippen LogP contribution >= 0.6 is 0 Å². The molecule has 4 heteroatoms. The van der Waals surface area contributed by atoms with Crippen molar-refractivity contribution in [3.05, 3.63) is 35.4 Å². The number of carbonyl (C=O) groups excluding carboxylic acids is 1. The fourth-order valence-electron chi connectivity index (χ4n) is 2.35. The fourth-order valence-corrected chi connectivity index (χ4v) is 2.35. The molecule has 1 unspecified atom stereocenters. The van der Waals surface area contributed by atoms with Crippen LogP contribution in [0.1, 0.15) is 31.7 Å². The Bertz CT molecular complexity index is 453. The zero-order chi connectivity index (χ0) is 13.2. The van der Waals surface area contributed by atoms with Gasteiger partial charge in [-0.15, -0.1) is 0 Å². The van der Waals surface area contributed by atoms with Gasteiger partial charge >= 0.3 is 0 Å². The summed E-state index contributed by atoms with van der Waals surface area (Å²) < 4.78 is 26.6. The molecule has 98 valence electrons. The molecule has 1 aromatic rings. The van der Waals surface area contributed by atoms with Gasteiger partial charge in [-0.1, -0.05) is 12.1 Å². The minimum atomic E-state index is -0.912. The summed E-state index contributed by atoms with van der Waals surface area (Å²) in [6.45, 7) is 2.64. The number of rotatable bonds is 3. The monoisotopic (exact) mass is 253 g/mol. The van der Waals surface area contributed by atoms with Crippen molar-refractivity contribution >= 4 is 5.78 Å². The molecule has 0 aromatic heterocycles. The molecule has 0 amide bonds. The lowest BCUT2D eigenvalue weighted by Crippen LogP contribution is -2.52. The van der Waals surface area contributed by atoms with Gasteiger partial charge in [-0.25, -0.2) is 8.78 Å². The summed E-state index contributed by atoms with van der Waals surface area (Å²) in [7, 11) is 0. The Kier molecular flexibility index (Phi) is 3.76. The lowest BCUT2D eigenvalue weighted by Gasteiger charge is -2.33. The highest BCUT2D eigenvalue weighted by atomic mass is 19.2. The van der Waals surface area contributed by atoms with E-state index in [2.05, 4.69) is 5.32 Å². The molecule has 18 heavy (non-hydrogen) atoms. The van der Waals surface area contributed by atoms with Crippen molar-refractivity contribution in [2.45, 2.75) is 38.1 Å². The van der Waals surface area contributed by atoms with Gasteiger partial charge in [-0.2, -0.15) is 0 Å². The zero-order valence-electron chi connectivity index (χ0n) is 10.4. The van der Waals surface area contributed by atoms with Gasteiger partial charge in [-0.3, -0.25) is 4.79 Å². The van der Waals surface area contributed by atoms with Crippen molar-refractivity contribution in [3.63, 3.8) is 0 Å². The number of hydrogen-bond acceptors (Lipinski definition) is 2. The van der Waals surface area contributed by atoms with Crippen molar-refractivity contribution in [2.24, 2.45) is 0 Å². The van der Waals surface area contributed by atoms with E-state index in [4.69, 9.17) is 0 Å². The minimum Gasteiger partial charge on any atom is -0.305 e. The first-order chi connectivity index (χ1) is 8.53. The summed E-state index contributed by atoms with van der Waals surface area (Å²) in [6.07, 6.45) is 2.73. The standard InChI is InChI=1S/C14H17F2NO/c1-14(7-2-3-8-17-14)12(18)9-10-5-4-6-11(15)13(10)16/h4-6,17H,2-3,7-9H2,1H3. The second-order valence-electron chi connectivity index (χ2n) is 5.03. The number of piperidine rings is 1. The molecule has 0 saturated carbocycles. The van der Waals surface area contributed by atoms with Crippen molar-refractivity contribution in [1.29, 1.82) is 0 Å². The third-order valence-corrected chi connectivity index (χ3v) is 3.62. The van der Waals surface area contributed by atoms with Crippen LogP contribution in [0.3, 0.4) is 0 Å². The van der Waals surface area contributed by atoms with E-state index >= 15 is 0 Å². The number of carbonyl (C=O) groups is 1. The molecule has 1 fully saturated rings. The quantitative estimate of drug-likeness (QED) is 0.897. The zero-order valence-corrected chi connectivity index (χ0v) is 10.4. The molecule has 2 nitrogen and oxygen atoms in total. The topological polar surface area (TPSA) is 29.1 Å². The lowest BCUT2D eigenvalue weighted by molar-refractivity contribution is -0.125. The van der Waals surface area contributed by atoms with Gasteiger partial charge in [0.05, 0.1) is 5.54 Å². The summed E-state index contributed by atoms with van der Waals surface area (Å²) >= 11 is 0. The summed E-state index contributed by atoms with van der Waals surface area (Å²) in [5, 5.41) is 3.18. The first kappa shape index (κ1) is 13.1. The molecule has 1 heterocycles. The van der Waals surface area contributed by atoms with Gasteiger partial charge in [0.1, 0.15) is 0 Å². The Hall–Kier alpha value is -1.29. The molecule has 1 atom stereocenters. The highest BCUT2D eigenvalue weighted by Crippen LogP contribution is 2.22. The summed E-state index contributed by atoms with van der Waals surface area (Å²) in [6, 6.07) is 3.95. The van der Waals surface area contributed by atoms with E-state index in [1.807, 2.05) is 6.92 Å². The molecular weight excluding hydrogens is 236 g/mol. The average Bonchev–Trinajstić information content (AvgIpc) is 2.36. The maximum atomic E-state index is 13.5. The van der Waals surface area contributed by atoms with Crippen molar-refractivity contribution < 1.29 is 13.6 Å². The number of ketones is 1. The van der Waals surface area contributed by atoms with E-state index in [1.165, 1.54) is 12.1 Å². The SMILES string of the molecule is CC1(C(=O)Cc2cccc(F)c2F)CCCCN1. The first-order valence-electron chi connectivity index (χ1n) is 6.24. The van der Waals surface area contributed by atoms with E-state index in [9.17, 15) is 13.6 Å². The Morgan fingerprint density at radius 1 is 1.39 bits per heavy atom. The fraction of sp³-hybridized carbons (Fsp3) is 0.500. The smallest absolute Gasteiger partial charge is 0.162 e. The highest BCUT2D eigenvalue weighted by Gasteiger charge is 2.34. The molecule has 0 spiro atoms. The predicted molar refractivity (Wildman–Crippen MR) is 65.3 cm³/mol. The van der Waals surface area contributed by atoms with E-state index in [1.54, 1.807) is 0 Å². The Morgan fingerprint density at radius 3 is 2.83 bits per heavy atom. The van der Waals surface area contributed by atoms with E-state index in [-0.39, 0.29) is 17.8 Å². The molecule has 2 rings (SSSR count). The lowest BCUT2D eigenvalue weighted by atomic mass is 9.84. The Morgan fingerprint density at radius 2 is 2.17 bits per heavy atom. The van der Waals surface area contributed by atoms with Crippen LogP contribution < -0.4 is 5.32 Å². The van der Waals surface area contributed by atoms with Crippen LogP contribution in [0.2, 0.25) is 0 Å². The van der Waals surface area contributed by atoms with Gasteiger partial charge < -0.3 is 5.32 Å². The van der Waals surface area contributed by atoms with Crippen LogP contribution in [-0.4, -0.2) is 17.9 Å². The third kappa shape index (κ3) is 2.58. The van der Waals surface area contributed by atoms with E-state index < -0.39 is 17.2 Å². The summed E-state index contributed by atoms with van der Waals surface area (Å²) in [4.78, 5) is 12.2. The molecule has 0 aliphatic carbocycles. The molecule has 1 aliphatic heterocycles. The van der Waals surface area contributed by atoms with Gasteiger partial charge in [0.25, 0.3) is 0 Å². The van der Waals surface area contributed by atoms with Crippen LogP contribution in [0, 0.1) is 11.6 Å². The Labute approximate surface area is 105 Å². The third-order valence-electron chi connectivity index (χ3n) is 3.62. The van der Waals surface area contributed by atoms with Crippen LogP contribution in [0.15, 0.2) is 18.2 Å². The molecular formula is C14H17F2NO. The molecule has 0 radical (unpaired) electrons. The normalized spacial score (nSPS) is 23.9. The predicted octanol–water partition coefficient (Wildman–Crippen LogP) is 2.61. The van der Waals surface area contributed by atoms with Gasteiger partial charge in [0, 0.05) is 6.42 Å². The van der Waals surface area contributed by atoms with Gasteiger partial charge in [0.15, 0.2) is 17.4 Å². The molecule has 1 saturated heterocycles. The van der Waals surface area contributed by atoms with Crippen molar-refractivity contribution in [1.82, 2.24) is 5.32 Å².